The molecule has 9 heavy (non-hydrogen) atoms. The maximum absolute atomic E-state index is 10.3. The maximum Gasteiger partial charge on any atom is 0.330 e. The smallest absolute Gasteiger partial charge is 0.330 e. The molecule has 0 aromatic heterocycles. The van der Waals surface area contributed by atoms with Crippen LogP contribution in [0.5, 0.6) is 0 Å². The molecular weight excluding hydrogens is 140 g/mol. The van der Waals surface area contributed by atoms with Gasteiger partial charge in [0.25, 0.3) is 0 Å². The van der Waals surface area contributed by atoms with Crippen LogP contribution in [0.15, 0.2) is 12.2 Å². The summed E-state index contributed by atoms with van der Waals surface area (Å²) in [7, 11) is 1.32. The molecule has 0 radical (unpaired) electrons. The van der Waals surface area contributed by atoms with Crippen molar-refractivity contribution in [3.63, 3.8) is 0 Å². The quantitative estimate of drug-likeness (QED) is 0.336. The second-order valence-electron chi connectivity index (χ2n) is 1.56. The Balaban J connectivity index is 3.57. The third kappa shape index (κ3) is 5.37. The Hall–Kier alpha value is -0.500. The highest BCUT2D eigenvalue weighted by Crippen LogP contribution is 1.94. The van der Waals surface area contributed by atoms with E-state index in [1.165, 1.54) is 13.2 Å². The maximum atomic E-state index is 10.3. The van der Waals surface area contributed by atoms with Gasteiger partial charge in [-0.05, 0) is 6.92 Å². The number of hydrogen-bond acceptors (Lipinski definition) is 2. The third-order valence-corrected chi connectivity index (χ3v) is 0.844. The summed E-state index contributed by atoms with van der Waals surface area (Å²) in [5, 5.41) is -0.121. The summed E-state index contributed by atoms with van der Waals surface area (Å²) in [4.78, 5) is 10.3. The molecule has 0 N–H and O–H groups in total. The molecule has 0 bridgehead atoms. The van der Waals surface area contributed by atoms with E-state index in [0.29, 0.717) is 0 Å². The average molecular weight is 149 g/mol. The molecule has 2 nitrogen and oxygen atoms in total. The van der Waals surface area contributed by atoms with Crippen molar-refractivity contribution >= 4 is 17.6 Å². The lowest BCUT2D eigenvalue weighted by Gasteiger charge is -1.90. The van der Waals surface area contributed by atoms with Crippen LogP contribution in [0.25, 0.3) is 0 Å². The van der Waals surface area contributed by atoms with Crippen molar-refractivity contribution in [2.45, 2.75) is 12.3 Å². The number of methoxy groups -OCH3 is 1. The first-order valence-electron chi connectivity index (χ1n) is 2.57. The Morgan fingerprint density at radius 3 is 2.67 bits per heavy atom. The molecule has 0 heterocycles. The number of hydrogen-bond donors (Lipinski definition) is 0. The molecule has 0 aliphatic heterocycles. The Labute approximate surface area is 59.5 Å². The van der Waals surface area contributed by atoms with Gasteiger partial charge >= 0.3 is 5.97 Å². The fourth-order valence-corrected chi connectivity index (χ4v) is 0.352. The molecule has 0 saturated heterocycles. The normalized spacial score (nSPS) is 13.7. The van der Waals surface area contributed by atoms with Gasteiger partial charge in [0.1, 0.15) is 0 Å². The van der Waals surface area contributed by atoms with Crippen LogP contribution in [-0.4, -0.2) is 18.5 Å². The van der Waals surface area contributed by atoms with Crippen LogP contribution in [0.2, 0.25) is 0 Å². The van der Waals surface area contributed by atoms with Gasteiger partial charge in [0.05, 0.1) is 7.11 Å². The number of rotatable bonds is 2. The summed E-state index contributed by atoms with van der Waals surface area (Å²) < 4.78 is 4.32. The van der Waals surface area contributed by atoms with E-state index in [-0.39, 0.29) is 11.3 Å². The Kier molecular flexibility index (Phi) is 4.14. The van der Waals surface area contributed by atoms with Crippen LogP contribution in [0.3, 0.4) is 0 Å². The number of carbonyl (C=O) groups is 1. The average Bonchev–Trinajstić information content (AvgIpc) is 1.83. The molecule has 0 fully saturated rings. The van der Waals surface area contributed by atoms with E-state index < -0.39 is 0 Å². The zero-order chi connectivity index (χ0) is 7.28. The summed E-state index contributed by atoms with van der Waals surface area (Å²) in [6.45, 7) is 1.76. The summed E-state index contributed by atoms with van der Waals surface area (Å²) in [5.74, 6) is -0.373. The van der Waals surface area contributed by atoms with Gasteiger partial charge in [0.2, 0.25) is 0 Å². The van der Waals surface area contributed by atoms with Crippen molar-refractivity contribution in [2.24, 2.45) is 0 Å². The second-order valence-corrected chi connectivity index (χ2v) is 2.25. The molecule has 1 unspecified atom stereocenters. The van der Waals surface area contributed by atoms with E-state index in [0.717, 1.165) is 0 Å². The van der Waals surface area contributed by atoms with Crippen molar-refractivity contribution in [2.75, 3.05) is 7.11 Å². The van der Waals surface area contributed by atoms with Crippen molar-refractivity contribution in [1.29, 1.82) is 0 Å². The molecule has 0 aliphatic carbocycles. The predicted octanol–water partition coefficient (Wildman–Crippen LogP) is 1.34. The first kappa shape index (κ1) is 8.50. The molecule has 0 aromatic rings. The standard InChI is InChI=1S/C6H9ClO2/c1-5(7)3-4-6(8)9-2/h3-5H,1-2H3/b4-3+. The predicted molar refractivity (Wildman–Crippen MR) is 36.5 cm³/mol. The lowest BCUT2D eigenvalue weighted by atomic mass is 10.4. The number of carbonyl (C=O) groups excluding carboxylic acids is 1. The monoisotopic (exact) mass is 148 g/mol. The zero-order valence-electron chi connectivity index (χ0n) is 5.43. The first-order chi connectivity index (χ1) is 4.16. The number of alkyl halides is 1. The van der Waals surface area contributed by atoms with Gasteiger partial charge in [-0.15, -0.1) is 11.6 Å². The zero-order valence-corrected chi connectivity index (χ0v) is 6.18. The van der Waals surface area contributed by atoms with Gasteiger partial charge in [-0.25, -0.2) is 4.79 Å². The van der Waals surface area contributed by atoms with Gasteiger partial charge in [-0.2, -0.15) is 0 Å². The van der Waals surface area contributed by atoms with E-state index >= 15 is 0 Å². The van der Waals surface area contributed by atoms with Gasteiger partial charge in [0, 0.05) is 11.5 Å². The van der Waals surface area contributed by atoms with E-state index in [1.807, 2.05) is 0 Å². The molecular formula is C6H9ClO2. The minimum Gasteiger partial charge on any atom is -0.466 e. The Morgan fingerprint density at radius 1 is 1.78 bits per heavy atom. The fourth-order valence-electron chi connectivity index (χ4n) is 0.279. The van der Waals surface area contributed by atoms with Crippen LogP contribution in [0, 0.1) is 0 Å². The lowest BCUT2D eigenvalue weighted by Crippen LogP contribution is -1.95. The van der Waals surface area contributed by atoms with Crippen LogP contribution in [-0.2, 0) is 9.53 Å². The number of ether oxygens (including phenoxy) is 1. The molecule has 0 saturated carbocycles. The number of halogens is 1. The van der Waals surface area contributed by atoms with Crippen molar-refractivity contribution < 1.29 is 9.53 Å². The van der Waals surface area contributed by atoms with Crippen LogP contribution in [0.1, 0.15) is 6.92 Å². The van der Waals surface area contributed by atoms with Crippen molar-refractivity contribution in [1.82, 2.24) is 0 Å². The van der Waals surface area contributed by atoms with Crippen molar-refractivity contribution in [3.05, 3.63) is 12.2 Å². The summed E-state index contributed by atoms with van der Waals surface area (Å²) in [6, 6.07) is 0. The highest BCUT2D eigenvalue weighted by molar-refractivity contribution is 6.21. The number of esters is 1. The first-order valence-corrected chi connectivity index (χ1v) is 3.00. The number of allylic oxidation sites excluding steroid dienone is 1. The molecule has 0 spiro atoms. The summed E-state index contributed by atoms with van der Waals surface area (Å²) in [5.41, 5.74) is 0. The lowest BCUT2D eigenvalue weighted by molar-refractivity contribution is -0.134. The molecule has 0 aromatic carbocycles. The molecule has 0 amide bonds. The van der Waals surface area contributed by atoms with E-state index in [4.69, 9.17) is 11.6 Å². The fraction of sp³-hybridized carbons (Fsp3) is 0.500. The summed E-state index contributed by atoms with van der Waals surface area (Å²) in [6.07, 6.45) is 2.87. The Morgan fingerprint density at radius 2 is 2.33 bits per heavy atom. The highest BCUT2D eigenvalue weighted by atomic mass is 35.5. The topological polar surface area (TPSA) is 26.3 Å². The largest absolute Gasteiger partial charge is 0.466 e. The second kappa shape index (κ2) is 4.39. The SMILES string of the molecule is COC(=O)/C=C/C(C)Cl. The minimum absolute atomic E-state index is 0.121. The summed E-state index contributed by atoms with van der Waals surface area (Å²) >= 11 is 5.48. The van der Waals surface area contributed by atoms with E-state index in [1.54, 1.807) is 13.0 Å². The molecule has 0 aliphatic rings. The molecule has 1 atom stereocenters. The van der Waals surface area contributed by atoms with Crippen LogP contribution in [0.4, 0.5) is 0 Å². The molecule has 52 valence electrons. The Bertz CT molecular complexity index is 118. The van der Waals surface area contributed by atoms with Gasteiger partial charge in [0.15, 0.2) is 0 Å². The van der Waals surface area contributed by atoms with Crippen molar-refractivity contribution in [3.8, 4) is 0 Å². The third-order valence-electron chi connectivity index (χ3n) is 0.699. The minimum atomic E-state index is -0.373. The van der Waals surface area contributed by atoms with Crippen LogP contribution >= 0.6 is 11.6 Å². The molecule has 3 heteroatoms. The molecule has 0 rings (SSSR count). The van der Waals surface area contributed by atoms with Gasteiger partial charge < -0.3 is 4.74 Å². The van der Waals surface area contributed by atoms with Gasteiger partial charge in [-0.1, -0.05) is 6.08 Å². The highest BCUT2D eigenvalue weighted by Gasteiger charge is 1.91. The van der Waals surface area contributed by atoms with Gasteiger partial charge in [-0.3, -0.25) is 0 Å². The van der Waals surface area contributed by atoms with E-state index in [2.05, 4.69) is 4.74 Å². The van der Waals surface area contributed by atoms with E-state index in [9.17, 15) is 4.79 Å². The van der Waals surface area contributed by atoms with Crippen LogP contribution < -0.4 is 0 Å².